The van der Waals surface area contributed by atoms with Gasteiger partial charge in [-0.05, 0) is 0 Å². The van der Waals surface area contributed by atoms with Crippen molar-refractivity contribution in [3.05, 3.63) is 22.6 Å². The Morgan fingerprint density at radius 3 is 2.50 bits per heavy atom. The Hall–Kier alpha value is -1.26. The van der Waals surface area contributed by atoms with E-state index in [-0.39, 0.29) is 5.15 Å². The lowest BCUT2D eigenvalue weighted by atomic mass is 10.2. The molecule has 0 atom stereocenters. The zero-order chi connectivity index (χ0) is 11.7. The molecular formula is C10H8Cl2N2O2. The maximum Gasteiger partial charge on any atom is 0.180 e. The van der Waals surface area contributed by atoms with Gasteiger partial charge in [0.25, 0.3) is 0 Å². The Labute approximate surface area is 102 Å². The van der Waals surface area contributed by atoms with Crippen LogP contribution in [0.5, 0.6) is 11.5 Å². The Balaban J connectivity index is 2.88. The molecule has 0 aliphatic heterocycles. The number of rotatable bonds is 2. The van der Waals surface area contributed by atoms with Gasteiger partial charge in [-0.1, -0.05) is 23.2 Å². The van der Waals surface area contributed by atoms with Crippen LogP contribution in [0.2, 0.25) is 10.2 Å². The normalized spacial score (nSPS) is 10.5. The standard InChI is InChI=1S/C10H8Cl2N2O2/c1-15-6-3-5-7(8(11)9(6)16-2)10(12)14-4-13-5/h3-4H,1-2H3. The van der Waals surface area contributed by atoms with Gasteiger partial charge in [0.05, 0.1) is 30.1 Å². The lowest BCUT2D eigenvalue weighted by molar-refractivity contribution is 0.356. The van der Waals surface area contributed by atoms with Crippen molar-refractivity contribution >= 4 is 34.1 Å². The molecule has 0 amide bonds. The first-order valence-electron chi connectivity index (χ1n) is 4.39. The van der Waals surface area contributed by atoms with Gasteiger partial charge in [0.2, 0.25) is 0 Å². The molecule has 1 heterocycles. The quantitative estimate of drug-likeness (QED) is 0.778. The Bertz CT molecular complexity index is 546. The van der Waals surface area contributed by atoms with Gasteiger partial charge < -0.3 is 9.47 Å². The molecule has 4 nitrogen and oxygen atoms in total. The van der Waals surface area contributed by atoms with Crippen LogP contribution in [0.4, 0.5) is 0 Å². The highest BCUT2D eigenvalue weighted by molar-refractivity contribution is 6.42. The van der Waals surface area contributed by atoms with E-state index >= 15 is 0 Å². The molecule has 0 aliphatic rings. The number of hydrogen-bond donors (Lipinski definition) is 0. The molecule has 0 radical (unpaired) electrons. The largest absolute Gasteiger partial charge is 0.493 e. The molecule has 0 bridgehead atoms. The molecule has 84 valence electrons. The summed E-state index contributed by atoms with van der Waals surface area (Å²) in [5, 5.41) is 1.20. The fourth-order valence-corrected chi connectivity index (χ4v) is 2.08. The third-order valence-corrected chi connectivity index (χ3v) is 2.81. The minimum absolute atomic E-state index is 0.288. The number of hydrogen-bond acceptors (Lipinski definition) is 4. The van der Waals surface area contributed by atoms with Crippen molar-refractivity contribution in [3.8, 4) is 11.5 Å². The average molecular weight is 259 g/mol. The van der Waals surface area contributed by atoms with Crippen molar-refractivity contribution in [3.63, 3.8) is 0 Å². The summed E-state index contributed by atoms with van der Waals surface area (Å²) in [4.78, 5) is 7.94. The lowest BCUT2D eigenvalue weighted by Gasteiger charge is -2.11. The predicted octanol–water partition coefficient (Wildman–Crippen LogP) is 2.95. The molecule has 0 unspecified atom stereocenters. The fraction of sp³-hybridized carbons (Fsp3) is 0.200. The van der Waals surface area contributed by atoms with E-state index in [1.807, 2.05) is 0 Å². The summed E-state index contributed by atoms with van der Waals surface area (Å²) in [7, 11) is 3.04. The van der Waals surface area contributed by atoms with Gasteiger partial charge in [-0.25, -0.2) is 9.97 Å². The van der Waals surface area contributed by atoms with Crippen LogP contribution in [0.1, 0.15) is 0 Å². The Morgan fingerprint density at radius 1 is 1.12 bits per heavy atom. The molecule has 6 heteroatoms. The summed E-state index contributed by atoms with van der Waals surface area (Å²) in [6.45, 7) is 0. The van der Waals surface area contributed by atoms with Crippen molar-refractivity contribution in [1.82, 2.24) is 9.97 Å². The number of halogens is 2. The van der Waals surface area contributed by atoms with Crippen LogP contribution in [-0.4, -0.2) is 24.2 Å². The fourth-order valence-electron chi connectivity index (χ4n) is 1.44. The molecule has 0 fully saturated rings. The van der Waals surface area contributed by atoms with E-state index in [0.717, 1.165) is 0 Å². The van der Waals surface area contributed by atoms with Crippen LogP contribution in [0, 0.1) is 0 Å². The van der Waals surface area contributed by atoms with Gasteiger partial charge >= 0.3 is 0 Å². The van der Waals surface area contributed by atoms with Gasteiger partial charge in [0.1, 0.15) is 11.5 Å². The summed E-state index contributed by atoms with van der Waals surface area (Å²) in [6, 6.07) is 1.70. The maximum atomic E-state index is 6.16. The van der Waals surface area contributed by atoms with Crippen LogP contribution >= 0.6 is 23.2 Å². The molecule has 0 aliphatic carbocycles. The summed E-state index contributed by atoms with van der Waals surface area (Å²) >= 11 is 12.1. The van der Waals surface area contributed by atoms with Gasteiger partial charge in [0, 0.05) is 6.07 Å². The van der Waals surface area contributed by atoms with Crippen molar-refractivity contribution < 1.29 is 9.47 Å². The van der Waals surface area contributed by atoms with Gasteiger partial charge in [-0.3, -0.25) is 0 Å². The minimum Gasteiger partial charge on any atom is -0.493 e. The van der Waals surface area contributed by atoms with E-state index in [1.165, 1.54) is 20.5 Å². The molecule has 16 heavy (non-hydrogen) atoms. The van der Waals surface area contributed by atoms with E-state index in [2.05, 4.69) is 9.97 Å². The van der Waals surface area contributed by atoms with Gasteiger partial charge in [-0.15, -0.1) is 0 Å². The van der Waals surface area contributed by atoms with Crippen molar-refractivity contribution in [2.45, 2.75) is 0 Å². The van der Waals surface area contributed by atoms with Crippen LogP contribution in [-0.2, 0) is 0 Å². The summed E-state index contributed by atoms with van der Waals surface area (Å²) in [5.41, 5.74) is 0.614. The van der Waals surface area contributed by atoms with Crippen molar-refractivity contribution in [1.29, 1.82) is 0 Å². The number of aromatic nitrogens is 2. The zero-order valence-electron chi connectivity index (χ0n) is 8.62. The van der Waals surface area contributed by atoms with Crippen molar-refractivity contribution in [2.24, 2.45) is 0 Å². The third-order valence-electron chi connectivity index (χ3n) is 2.16. The Morgan fingerprint density at radius 2 is 1.88 bits per heavy atom. The molecule has 1 aromatic carbocycles. The number of nitrogens with zero attached hydrogens (tertiary/aromatic N) is 2. The minimum atomic E-state index is 0.288. The number of ether oxygens (including phenoxy) is 2. The van der Waals surface area contributed by atoms with Crippen LogP contribution in [0.25, 0.3) is 10.9 Å². The smallest absolute Gasteiger partial charge is 0.180 e. The van der Waals surface area contributed by atoms with Gasteiger partial charge in [-0.2, -0.15) is 0 Å². The molecule has 0 saturated heterocycles. The first-order chi connectivity index (χ1) is 7.69. The second-order valence-electron chi connectivity index (χ2n) is 2.98. The molecule has 2 aromatic rings. The monoisotopic (exact) mass is 258 g/mol. The highest BCUT2D eigenvalue weighted by atomic mass is 35.5. The topological polar surface area (TPSA) is 44.2 Å². The van der Waals surface area contributed by atoms with E-state index in [1.54, 1.807) is 6.07 Å². The van der Waals surface area contributed by atoms with Crippen LogP contribution in [0.15, 0.2) is 12.4 Å². The van der Waals surface area contributed by atoms with Crippen LogP contribution < -0.4 is 9.47 Å². The van der Waals surface area contributed by atoms with E-state index < -0.39 is 0 Å². The van der Waals surface area contributed by atoms with E-state index in [0.29, 0.717) is 27.4 Å². The Kier molecular flexibility index (Phi) is 3.03. The summed E-state index contributed by atoms with van der Waals surface area (Å²) in [6.07, 6.45) is 1.37. The second-order valence-corrected chi connectivity index (χ2v) is 3.72. The lowest BCUT2D eigenvalue weighted by Crippen LogP contribution is -1.94. The SMILES string of the molecule is COc1cc2ncnc(Cl)c2c(Cl)c1OC. The average Bonchev–Trinajstić information content (AvgIpc) is 2.28. The van der Waals surface area contributed by atoms with Gasteiger partial charge in [0.15, 0.2) is 11.5 Å². The van der Waals surface area contributed by atoms with E-state index in [9.17, 15) is 0 Å². The summed E-state index contributed by atoms with van der Waals surface area (Å²) < 4.78 is 10.3. The van der Waals surface area contributed by atoms with Crippen LogP contribution in [0.3, 0.4) is 0 Å². The molecule has 1 aromatic heterocycles. The highest BCUT2D eigenvalue weighted by Crippen LogP contribution is 2.41. The van der Waals surface area contributed by atoms with Crippen molar-refractivity contribution in [2.75, 3.05) is 14.2 Å². The third kappa shape index (κ3) is 1.64. The van der Waals surface area contributed by atoms with E-state index in [4.69, 9.17) is 32.7 Å². The molecule has 0 spiro atoms. The molecule has 0 N–H and O–H groups in total. The zero-order valence-corrected chi connectivity index (χ0v) is 10.1. The molecule has 2 rings (SSSR count). The maximum absolute atomic E-state index is 6.16. The second kappa shape index (κ2) is 4.31. The number of methoxy groups -OCH3 is 2. The number of benzene rings is 1. The first-order valence-corrected chi connectivity index (χ1v) is 5.15. The predicted molar refractivity (Wildman–Crippen MR) is 62.7 cm³/mol. The summed E-state index contributed by atoms with van der Waals surface area (Å²) in [5.74, 6) is 0.933. The highest BCUT2D eigenvalue weighted by Gasteiger charge is 2.16. The first kappa shape index (κ1) is 11.2. The molecular weight excluding hydrogens is 251 g/mol. The number of fused-ring (bicyclic) bond motifs is 1. The molecule has 0 saturated carbocycles.